The van der Waals surface area contributed by atoms with E-state index in [4.69, 9.17) is 11.6 Å². The molecule has 1 aliphatic heterocycles. The second-order valence-corrected chi connectivity index (χ2v) is 9.47. The maximum absolute atomic E-state index is 14.6. The van der Waals surface area contributed by atoms with Gasteiger partial charge in [0.05, 0.1) is 11.1 Å². The van der Waals surface area contributed by atoms with Crippen molar-refractivity contribution in [1.82, 2.24) is 15.2 Å². The summed E-state index contributed by atoms with van der Waals surface area (Å²) in [5.41, 5.74) is -1.43. The number of benzene rings is 1. The van der Waals surface area contributed by atoms with Gasteiger partial charge in [0.25, 0.3) is 5.91 Å². The first-order valence-electron chi connectivity index (χ1n) is 10.9. The number of aromatic nitrogens is 1. The molecule has 180 valence electrons. The minimum atomic E-state index is -4.71. The number of amides is 2. The van der Waals surface area contributed by atoms with E-state index in [2.05, 4.69) is 10.3 Å². The maximum Gasteiger partial charge on any atom is 0.433 e. The molecule has 5 nitrogen and oxygen atoms in total. The first kappa shape index (κ1) is 23.0. The number of carbonyl (C=O) groups is 2. The van der Waals surface area contributed by atoms with Crippen LogP contribution in [0.2, 0.25) is 5.02 Å². The van der Waals surface area contributed by atoms with Crippen LogP contribution in [0, 0.1) is 23.5 Å². The van der Waals surface area contributed by atoms with Gasteiger partial charge in [-0.1, -0.05) is 11.6 Å². The normalized spacial score (nSPS) is 24.5. The largest absolute Gasteiger partial charge is 0.433 e. The zero-order valence-electron chi connectivity index (χ0n) is 17.6. The van der Waals surface area contributed by atoms with Gasteiger partial charge in [0, 0.05) is 23.4 Å². The smallest absolute Gasteiger partial charge is 0.347 e. The summed E-state index contributed by atoms with van der Waals surface area (Å²) in [7, 11) is 0. The number of rotatable bonds is 5. The second kappa shape index (κ2) is 8.18. The van der Waals surface area contributed by atoms with E-state index >= 15 is 0 Å². The van der Waals surface area contributed by atoms with Crippen LogP contribution in [0.3, 0.4) is 0 Å². The average molecular weight is 500 g/mol. The van der Waals surface area contributed by atoms with Crippen molar-refractivity contribution in [3.8, 4) is 0 Å². The topological polar surface area (TPSA) is 62.3 Å². The summed E-state index contributed by atoms with van der Waals surface area (Å²) in [6, 6.07) is 1.72. The summed E-state index contributed by atoms with van der Waals surface area (Å²) in [5, 5.41) is 2.39. The van der Waals surface area contributed by atoms with E-state index in [1.54, 1.807) is 0 Å². The van der Waals surface area contributed by atoms with E-state index in [1.165, 1.54) is 11.0 Å². The zero-order chi connectivity index (χ0) is 24.4. The lowest BCUT2D eigenvalue weighted by Gasteiger charge is -2.29. The number of pyridine rings is 1. The van der Waals surface area contributed by atoms with E-state index in [9.17, 15) is 31.5 Å². The third-order valence-electron chi connectivity index (χ3n) is 6.70. The van der Waals surface area contributed by atoms with Gasteiger partial charge in [-0.05, 0) is 61.8 Å². The van der Waals surface area contributed by atoms with E-state index < -0.39 is 47.4 Å². The number of likely N-dealkylation sites (tertiary alicyclic amines) is 1. The molecule has 2 heterocycles. The van der Waals surface area contributed by atoms with Crippen LogP contribution in [0.15, 0.2) is 30.5 Å². The molecule has 4 atom stereocenters. The highest BCUT2D eigenvalue weighted by Gasteiger charge is 2.56. The first-order chi connectivity index (χ1) is 16.0. The third-order valence-corrected chi connectivity index (χ3v) is 6.99. The van der Waals surface area contributed by atoms with Gasteiger partial charge in [0.1, 0.15) is 23.4 Å². The van der Waals surface area contributed by atoms with Crippen molar-refractivity contribution in [3.63, 3.8) is 0 Å². The molecule has 1 N–H and O–H groups in total. The minimum absolute atomic E-state index is 0.0252. The summed E-state index contributed by atoms with van der Waals surface area (Å²) in [6.45, 7) is 0. The Balaban J connectivity index is 1.38. The Kier molecular flexibility index (Phi) is 5.54. The van der Waals surface area contributed by atoms with Crippen LogP contribution in [0.1, 0.15) is 53.3 Å². The van der Waals surface area contributed by atoms with Crippen molar-refractivity contribution >= 4 is 23.4 Å². The molecule has 34 heavy (non-hydrogen) atoms. The van der Waals surface area contributed by atoms with Crippen LogP contribution in [-0.4, -0.2) is 33.8 Å². The molecule has 1 aromatic carbocycles. The van der Waals surface area contributed by atoms with E-state index in [0.29, 0.717) is 31.7 Å². The van der Waals surface area contributed by atoms with Gasteiger partial charge >= 0.3 is 6.18 Å². The van der Waals surface area contributed by atoms with Crippen LogP contribution >= 0.6 is 11.6 Å². The summed E-state index contributed by atoms with van der Waals surface area (Å²) in [6.07, 6.45) is -1.36. The van der Waals surface area contributed by atoms with Crippen LogP contribution in [0.4, 0.5) is 22.0 Å². The summed E-state index contributed by atoms with van der Waals surface area (Å²) >= 11 is 5.65. The molecule has 3 aliphatic rings. The number of hydrogen-bond donors (Lipinski definition) is 1. The fraction of sp³-hybridized carbons (Fsp3) is 0.435. The quantitative estimate of drug-likeness (QED) is 0.470. The predicted octanol–water partition coefficient (Wildman–Crippen LogP) is 4.90. The predicted molar refractivity (Wildman–Crippen MR) is 111 cm³/mol. The molecule has 0 radical (unpaired) electrons. The standard InChI is InChI=1S/C23H19ClF5N3O2/c24-14-9-15(25)13(8-16(14)26)20(10-1-2-10)31-21(33)18-6-12-5-17(12)32(18)22(34)11-3-4-30-19(7-11)23(27,28)29/h3-4,7-10,12,17-18,20H,1-2,5-6H2,(H,31,33)/t12-,17-,18-,20?/m1/s1. The lowest BCUT2D eigenvalue weighted by atomic mass is 10.00. The van der Waals surface area contributed by atoms with Crippen LogP contribution in [0.5, 0.6) is 0 Å². The van der Waals surface area contributed by atoms with Crippen LogP contribution < -0.4 is 5.32 Å². The first-order valence-corrected chi connectivity index (χ1v) is 11.2. The Hall–Kier alpha value is -2.75. The van der Waals surface area contributed by atoms with Gasteiger partial charge in [-0.15, -0.1) is 0 Å². The van der Waals surface area contributed by atoms with Crippen molar-refractivity contribution in [2.45, 2.75) is 50.0 Å². The summed E-state index contributed by atoms with van der Waals surface area (Å²) < 4.78 is 67.7. The number of nitrogens with one attached hydrogen (secondary N) is 1. The summed E-state index contributed by atoms with van der Waals surface area (Å²) in [5.74, 6) is -2.80. The van der Waals surface area contributed by atoms with Crippen molar-refractivity contribution in [2.24, 2.45) is 11.8 Å². The highest BCUT2D eigenvalue weighted by Crippen LogP contribution is 2.49. The molecule has 11 heteroatoms. The molecule has 5 rings (SSSR count). The molecular formula is C23H19ClF5N3O2. The Bertz CT molecular complexity index is 1170. The molecule has 1 aromatic heterocycles. The SMILES string of the molecule is O=C(NC(c1cc(F)c(Cl)cc1F)C1CC1)[C@H]1C[C@H]2C[C@H]2N1C(=O)c1ccnc(C(F)(F)F)c1. The number of hydrogen-bond acceptors (Lipinski definition) is 3. The Morgan fingerprint density at radius 3 is 2.53 bits per heavy atom. The molecule has 3 fully saturated rings. The number of piperidine rings is 1. The molecule has 2 saturated carbocycles. The zero-order valence-corrected chi connectivity index (χ0v) is 18.3. The minimum Gasteiger partial charge on any atom is -0.347 e. The van der Waals surface area contributed by atoms with Gasteiger partial charge < -0.3 is 10.2 Å². The lowest BCUT2D eigenvalue weighted by molar-refractivity contribution is -0.141. The maximum atomic E-state index is 14.6. The highest BCUT2D eigenvalue weighted by atomic mass is 35.5. The molecular weight excluding hydrogens is 481 g/mol. The van der Waals surface area contributed by atoms with Gasteiger partial charge in [-0.2, -0.15) is 13.2 Å². The fourth-order valence-corrected chi connectivity index (χ4v) is 4.91. The number of fused-ring (bicyclic) bond motifs is 1. The number of alkyl halides is 3. The average Bonchev–Trinajstić information content (AvgIpc) is 3.72. The highest BCUT2D eigenvalue weighted by molar-refractivity contribution is 6.30. The van der Waals surface area contributed by atoms with Crippen LogP contribution in [0.25, 0.3) is 0 Å². The van der Waals surface area contributed by atoms with Crippen molar-refractivity contribution in [3.05, 3.63) is 63.9 Å². The molecule has 1 unspecified atom stereocenters. The molecule has 1 saturated heterocycles. The van der Waals surface area contributed by atoms with Crippen molar-refractivity contribution < 1.29 is 31.5 Å². The monoisotopic (exact) mass is 499 g/mol. The van der Waals surface area contributed by atoms with E-state index in [-0.39, 0.29) is 34.0 Å². The van der Waals surface area contributed by atoms with Gasteiger partial charge in [-0.25, -0.2) is 8.78 Å². The Morgan fingerprint density at radius 2 is 1.85 bits per heavy atom. The van der Waals surface area contributed by atoms with Crippen LogP contribution in [-0.2, 0) is 11.0 Å². The van der Waals surface area contributed by atoms with Crippen molar-refractivity contribution in [2.75, 3.05) is 0 Å². The number of halogens is 6. The Morgan fingerprint density at radius 1 is 1.12 bits per heavy atom. The third kappa shape index (κ3) is 4.23. The molecule has 0 bridgehead atoms. The van der Waals surface area contributed by atoms with Gasteiger partial charge in [0.2, 0.25) is 5.91 Å². The number of carbonyl (C=O) groups excluding carboxylic acids is 2. The number of nitrogens with zero attached hydrogens (tertiary/aromatic N) is 2. The van der Waals surface area contributed by atoms with E-state index in [1.807, 2.05) is 0 Å². The molecule has 2 amide bonds. The van der Waals surface area contributed by atoms with E-state index in [0.717, 1.165) is 18.3 Å². The molecule has 2 aliphatic carbocycles. The second-order valence-electron chi connectivity index (χ2n) is 9.07. The van der Waals surface area contributed by atoms with Crippen molar-refractivity contribution in [1.29, 1.82) is 0 Å². The lowest BCUT2D eigenvalue weighted by Crippen LogP contribution is -2.49. The van der Waals surface area contributed by atoms with Gasteiger partial charge in [-0.3, -0.25) is 14.6 Å². The fourth-order valence-electron chi connectivity index (χ4n) is 4.76. The Labute approximate surface area is 196 Å². The molecule has 0 spiro atoms. The van der Waals surface area contributed by atoms with Gasteiger partial charge in [0.15, 0.2) is 0 Å². The molecule has 2 aromatic rings. The summed E-state index contributed by atoms with van der Waals surface area (Å²) in [4.78, 5) is 31.0.